The van der Waals surface area contributed by atoms with Gasteiger partial charge in [-0.25, -0.2) is 4.79 Å². The average Bonchev–Trinajstić information content (AvgIpc) is 3.12. The molecule has 1 heterocycles. The fraction of sp³-hybridized carbons (Fsp3) is 0.312. The van der Waals surface area contributed by atoms with E-state index in [1.807, 2.05) is 56.3 Å². The summed E-state index contributed by atoms with van der Waals surface area (Å²) in [6.45, 7) is 12.4. The van der Waals surface area contributed by atoms with Crippen LogP contribution in [0.5, 0.6) is 5.75 Å². The highest BCUT2D eigenvalue weighted by Gasteiger charge is 2.18. The van der Waals surface area contributed by atoms with Crippen molar-refractivity contribution in [1.29, 1.82) is 0 Å². The number of nitrogens with one attached hydrogen (secondary N) is 1. The Kier molecular flexibility index (Phi) is 8.36. The van der Waals surface area contributed by atoms with Gasteiger partial charge in [0.05, 0.1) is 6.04 Å². The van der Waals surface area contributed by atoms with Crippen molar-refractivity contribution in [2.75, 3.05) is 0 Å². The second-order valence-corrected chi connectivity index (χ2v) is 10.9. The molecule has 39 heavy (non-hydrogen) atoms. The number of ether oxygens (including phenoxy) is 1. The van der Waals surface area contributed by atoms with Crippen LogP contribution in [0.2, 0.25) is 5.02 Å². The second kappa shape index (κ2) is 11.5. The van der Waals surface area contributed by atoms with Gasteiger partial charge in [-0.15, -0.1) is 0 Å². The molecule has 1 aromatic heterocycles. The molecule has 4 aromatic rings. The zero-order chi connectivity index (χ0) is 28.4. The topological polar surface area (TPSA) is 80.6 Å². The first kappa shape index (κ1) is 28.2. The number of aryl methyl sites for hydroxylation is 1. The predicted molar refractivity (Wildman–Crippen MR) is 156 cm³/mol. The quantitative estimate of drug-likeness (QED) is 0.229. The molecule has 2 atom stereocenters. The molecule has 0 spiro atoms. The number of hydrogen-bond acceptors (Lipinski definition) is 3. The number of fused-ring (bicyclic) bond motifs is 1. The Bertz CT molecular complexity index is 1540. The maximum absolute atomic E-state index is 13.2. The van der Waals surface area contributed by atoms with Crippen molar-refractivity contribution in [2.45, 2.75) is 66.2 Å². The van der Waals surface area contributed by atoms with Gasteiger partial charge in [0.25, 0.3) is 5.91 Å². The lowest BCUT2D eigenvalue weighted by Gasteiger charge is -2.17. The van der Waals surface area contributed by atoms with Gasteiger partial charge in [-0.05, 0) is 92.3 Å². The molecule has 0 radical (unpaired) electrons. The van der Waals surface area contributed by atoms with Crippen molar-refractivity contribution in [3.63, 3.8) is 0 Å². The van der Waals surface area contributed by atoms with E-state index in [2.05, 4.69) is 42.8 Å². The Labute approximate surface area is 234 Å². The van der Waals surface area contributed by atoms with Gasteiger partial charge in [-0.2, -0.15) is 0 Å². The Morgan fingerprint density at radius 3 is 2.38 bits per heavy atom. The summed E-state index contributed by atoms with van der Waals surface area (Å²) < 4.78 is 7.71. The third-order valence-corrected chi connectivity index (χ3v) is 7.48. The maximum Gasteiger partial charge on any atom is 0.344 e. The minimum absolute atomic E-state index is 0.117. The van der Waals surface area contributed by atoms with Crippen LogP contribution in [0.4, 0.5) is 0 Å². The molecule has 0 aliphatic carbocycles. The van der Waals surface area contributed by atoms with Crippen molar-refractivity contribution >= 4 is 34.4 Å². The number of rotatable bonds is 9. The van der Waals surface area contributed by atoms with Crippen molar-refractivity contribution < 1.29 is 19.4 Å². The highest BCUT2D eigenvalue weighted by molar-refractivity contribution is 6.30. The molecule has 0 saturated carbocycles. The van der Waals surface area contributed by atoms with Crippen LogP contribution in [-0.4, -0.2) is 27.7 Å². The highest BCUT2D eigenvalue weighted by atomic mass is 35.5. The van der Waals surface area contributed by atoms with Crippen LogP contribution in [0.3, 0.4) is 0 Å². The zero-order valence-corrected chi connectivity index (χ0v) is 24.0. The Hall–Kier alpha value is -3.77. The normalized spacial score (nSPS) is 12.9. The van der Waals surface area contributed by atoms with Crippen LogP contribution in [-0.2, 0) is 11.3 Å². The molecule has 204 valence electrons. The predicted octanol–water partition coefficient (Wildman–Crippen LogP) is 7.43. The molecule has 0 aliphatic rings. The summed E-state index contributed by atoms with van der Waals surface area (Å²) in [6.07, 6.45) is -0.987. The number of nitrogens with zero attached hydrogens (tertiary/aromatic N) is 1. The molecule has 2 N–H and O–H groups in total. The van der Waals surface area contributed by atoms with E-state index in [9.17, 15) is 14.7 Å². The summed E-state index contributed by atoms with van der Waals surface area (Å²) in [4.78, 5) is 24.4. The number of carboxylic acid groups (broad SMARTS) is 1. The molecule has 3 aromatic carbocycles. The lowest BCUT2D eigenvalue weighted by Crippen LogP contribution is -2.26. The molecule has 0 aliphatic heterocycles. The number of hydrogen-bond donors (Lipinski definition) is 2. The van der Waals surface area contributed by atoms with Crippen molar-refractivity contribution in [3.05, 3.63) is 99.2 Å². The van der Waals surface area contributed by atoms with Crippen molar-refractivity contribution in [1.82, 2.24) is 9.88 Å². The number of carbonyl (C=O) groups excluding carboxylic acids is 1. The van der Waals surface area contributed by atoms with E-state index in [1.165, 1.54) is 12.5 Å². The molecule has 1 amide bonds. The first-order chi connectivity index (χ1) is 18.4. The Morgan fingerprint density at radius 1 is 0.974 bits per heavy atom. The minimum atomic E-state index is -1.04. The highest BCUT2D eigenvalue weighted by Crippen LogP contribution is 2.30. The number of aromatic nitrogens is 1. The molecule has 0 unspecified atom stereocenters. The monoisotopic (exact) mass is 546 g/mol. The van der Waals surface area contributed by atoms with E-state index in [4.69, 9.17) is 16.3 Å². The van der Waals surface area contributed by atoms with Crippen molar-refractivity contribution in [3.8, 4) is 5.75 Å². The third kappa shape index (κ3) is 6.28. The van der Waals surface area contributed by atoms with Crippen LogP contribution >= 0.6 is 11.6 Å². The van der Waals surface area contributed by atoms with Gasteiger partial charge in [0.1, 0.15) is 5.75 Å². The van der Waals surface area contributed by atoms with E-state index in [0.29, 0.717) is 28.8 Å². The molecule has 0 bridgehead atoms. The van der Waals surface area contributed by atoms with Crippen LogP contribution in [0, 0.1) is 13.8 Å². The molecule has 0 fully saturated rings. The van der Waals surface area contributed by atoms with Gasteiger partial charge >= 0.3 is 5.97 Å². The molecule has 7 heteroatoms. The number of carbonyl (C=O) groups is 2. The van der Waals surface area contributed by atoms with Gasteiger partial charge < -0.3 is 19.7 Å². The summed E-state index contributed by atoms with van der Waals surface area (Å²) >= 11 is 6.33. The van der Waals surface area contributed by atoms with E-state index < -0.39 is 12.1 Å². The molecule has 4 rings (SSSR count). The third-order valence-electron chi connectivity index (χ3n) is 7.26. The van der Waals surface area contributed by atoms with Crippen LogP contribution < -0.4 is 10.1 Å². The number of halogens is 1. The van der Waals surface area contributed by atoms with E-state index >= 15 is 0 Å². The van der Waals surface area contributed by atoms with E-state index in [0.717, 1.165) is 33.3 Å². The summed E-state index contributed by atoms with van der Waals surface area (Å²) in [5.41, 5.74) is 6.98. The smallest absolute Gasteiger partial charge is 0.344 e. The van der Waals surface area contributed by atoms with Crippen LogP contribution in [0.1, 0.15) is 78.0 Å². The van der Waals surface area contributed by atoms with Crippen molar-refractivity contribution in [2.24, 2.45) is 0 Å². The number of aliphatic carboxylic acids is 1. The van der Waals surface area contributed by atoms with Crippen LogP contribution in [0.25, 0.3) is 10.9 Å². The number of benzene rings is 3. The fourth-order valence-corrected chi connectivity index (χ4v) is 5.01. The summed E-state index contributed by atoms with van der Waals surface area (Å²) in [5.74, 6) is -0.332. The molecule has 0 saturated heterocycles. The first-order valence-corrected chi connectivity index (χ1v) is 13.5. The van der Waals surface area contributed by atoms with E-state index in [1.54, 1.807) is 6.07 Å². The van der Waals surface area contributed by atoms with Gasteiger partial charge in [-0.3, -0.25) is 4.79 Å². The fourth-order valence-electron chi connectivity index (χ4n) is 4.76. The summed E-state index contributed by atoms with van der Waals surface area (Å²) in [5, 5.41) is 13.8. The summed E-state index contributed by atoms with van der Waals surface area (Å²) in [6, 6.07) is 19.3. The zero-order valence-electron chi connectivity index (χ0n) is 23.2. The first-order valence-electron chi connectivity index (χ1n) is 13.1. The second-order valence-electron chi connectivity index (χ2n) is 10.4. The van der Waals surface area contributed by atoms with Crippen LogP contribution in [0.15, 0.2) is 60.7 Å². The standard InChI is InChI=1S/C32H35ClN2O4/c1-18(2)24-8-7-9-25(14-24)20(4)34-31(36)26-10-11-30-29(15-26)19(3)21(5)35(30)17-23-12-27(33)16-28(13-23)39-22(6)32(37)38/h7-16,18,20,22H,17H2,1-6H3,(H,34,36)(H,37,38)/t20-,22-/m0/s1. The van der Waals surface area contributed by atoms with Gasteiger partial charge in [-0.1, -0.05) is 49.7 Å². The minimum Gasteiger partial charge on any atom is -0.479 e. The molecule has 6 nitrogen and oxygen atoms in total. The average molecular weight is 547 g/mol. The largest absolute Gasteiger partial charge is 0.479 e. The molecular formula is C32H35ClN2O4. The lowest BCUT2D eigenvalue weighted by molar-refractivity contribution is -0.144. The maximum atomic E-state index is 13.2. The summed E-state index contributed by atoms with van der Waals surface area (Å²) in [7, 11) is 0. The number of amides is 1. The number of carboxylic acids is 1. The lowest BCUT2D eigenvalue weighted by atomic mass is 9.98. The van der Waals surface area contributed by atoms with Gasteiger partial charge in [0.15, 0.2) is 6.10 Å². The Morgan fingerprint density at radius 2 is 1.69 bits per heavy atom. The SMILES string of the molecule is Cc1c(C)n(Cc2cc(Cl)cc(O[C@@H](C)C(=O)O)c2)c2ccc(C(=O)N[C@@H](C)c3cccc(C(C)C)c3)cc12. The van der Waals surface area contributed by atoms with Gasteiger partial charge in [0.2, 0.25) is 0 Å². The van der Waals surface area contributed by atoms with E-state index in [-0.39, 0.29) is 11.9 Å². The van der Waals surface area contributed by atoms with Gasteiger partial charge in [0, 0.05) is 33.7 Å². The Balaban J connectivity index is 1.58. The molecular weight excluding hydrogens is 512 g/mol.